The zero-order chi connectivity index (χ0) is 18.4. The van der Waals surface area contributed by atoms with E-state index in [-0.39, 0.29) is 30.1 Å². The Balaban J connectivity index is 1.37. The molecule has 1 amide bonds. The molecule has 27 heavy (non-hydrogen) atoms. The van der Waals surface area contributed by atoms with Crippen molar-refractivity contribution in [3.63, 3.8) is 0 Å². The number of hydrogen-bond donors (Lipinski definition) is 0. The summed E-state index contributed by atoms with van der Waals surface area (Å²) >= 11 is 0. The van der Waals surface area contributed by atoms with Crippen LogP contribution in [0.15, 0.2) is 48.0 Å². The number of fused-ring (bicyclic) bond motifs is 3. The maximum atomic E-state index is 13.0. The monoisotopic (exact) mass is 364 g/mol. The average molecular weight is 364 g/mol. The molecule has 2 aliphatic rings. The van der Waals surface area contributed by atoms with Crippen LogP contribution in [0.2, 0.25) is 0 Å². The highest BCUT2D eigenvalue weighted by Crippen LogP contribution is 2.40. The molecule has 0 saturated carbocycles. The van der Waals surface area contributed by atoms with Gasteiger partial charge in [0.15, 0.2) is 0 Å². The number of benzene rings is 1. The average Bonchev–Trinajstić information content (AvgIpc) is 3.31. The molecule has 2 bridgehead atoms. The molecular weight excluding hydrogens is 344 g/mol. The van der Waals surface area contributed by atoms with E-state index in [2.05, 4.69) is 15.1 Å². The quantitative estimate of drug-likeness (QED) is 0.701. The second kappa shape index (κ2) is 6.29. The number of aromatic nitrogens is 5. The summed E-state index contributed by atoms with van der Waals surface area (Å²) in [5.74, 6) is -0.00118. The number of amides is 1. The molecule has 1 aromatic carbocycles. The van der Waals surface area contributed by atoms with E-state index in [1.165, 1.54) is 10.9 Å². The van der Waals surface area contributed by atoms with E-state index >= 15 is 0 Å². The van der Waals surface area contributed by atoms with Crippen molar-refractivity contribution in [2.45, 2.75) is 50.4 Å². The fourth-order valence-electron chi connectivity index (χ4n) is 4.62. The van der Waals surface area contributed by atoms with Gasteiger partial charge in [-0.05, 0) is 37.8 Å². The van der Waals surface area contributed by atoms with E-state index in [4.69, 9.17) is 0 Å². The molecule has 8 nitrogen and oxygen atoms in total. The van der Waals surface area contributed by atoms with Crippen molar-refractivity contribution in [2.75, 3.05) is 0 Å². The van der Waals surface area contributed by atoms with E-state index < -0.39 is 0 Å². The molecule has 0 aliphatic carbocycles. The Morgan fingerprint density at radius 1 is 1.07 bits per heavy atom. The number of carbonyl (C=O) groups excluding carboxylic acids is 1. The molecule has 0 N–H and O–H groups in total. The highest BCUT2D eigenvalue weighted by molar-refractivity contribution is 5.79. The third-order valence-corrected chi connectivity index (χ3v) is 5.84. The molecule has 138 valence electrons. The van der Waals surface area contributed by atoms with Gasteiger partial charge in [-0.3, -0.25) is 14.2 Å². The minimum Gasteiger partial charge on any atom is -0.335 e. The normalized spacial score (nSPS) is 24.4. The maximum Gasteiger partial charge on any atom is 0.261 e. The van der Waals surface area contributed by atoms with Crippen LogP contribution < -0.4 is 5.56 Å². The Hall–Kier alpha value is -3.03. The zero-order valence-electron chi connectivity index (χ0n) is 14.8. The number of rotatable bonds is 3. The lowest BCUT2D eigenvalue weighted by Crippen LogP contribution is -2.48. The first-order chi connectivity index (χ1) is 13.2. The van der Waals surface area contributed by atoms with E-state index in [0.717, 1.165) is 25.7 Å². The molecular formula is C19H20N6O2. The first-order valence-electron chi connectivity index (χ1n) is 9.30. The van der Waals surface area contributed by atoms with Crippen LogP contribution in [0.25, 0.3) is 10.9 Å². The fourth-order valence-corrected chi connectivity index (χ4v) is 4.62. The maximum absolute atomic E-state index is 13.0. The number of nitrogens with zero attached hydrogens (tertiary/aromatic N) is 6. The highest BCUT2D eigenvalue weighted by Gasteiger charge is 2.43. The molecule has 2 unspecified atom stereocenters. The zero-order valence-corrected chi connectivity index (χ0v) is 14.8. The van der Waals surface area contributed by atoms with Crippen molar-refractivity contribution in [1.82, 2.24) is 29.2 Å². The molecule has 2 aliphatic heterocycles. The summed E-state index contributed by atoms with van der Waals surface area (Å²) in [5, 5.41) is 4.81. The summed E-state index contributed by atoms with van der Waals surface area (Å²) in [6.07, 6.45) is 8.57. The Bertz CT molecular complexity index is 1030. The van der Waals surface area contributed by atoms with Crippen molar-refractivity contribution < 1.29 is 4.79 Å². The van der Waals surface area contributed by atoms with Crippen molar-refractivity contribution in [3.8, 4) is 0 Å². The van der Waals surface area contributed by atoms with Gasteiger partial charge in [-0.1, -0.05) is 12.1 Å². The Kier molecular flexibility index (Phi) is 3.77. The van der Waals surface area contributed by atoms with Gasteiger partial charge in [0.25, 0.3) is 5.56 Å². The van der Waals surface area contributed by atoms with Crippen LogP contribution in [0, 0.1) is 0 Å². The van der Waals surface area contributed by atoms with Gasteiger partial charge in [0, 0.05) is 12.1 Å². The van der Waals surface area contributed by atoms with Crippen LogP contribution in [0.5, 0.6) is 0 Å². The number of hydrogen-bond acceptors (Lipinski definition) is 5. The van der Waals surface area contributed by atoms with E-state index in [9.17, 15) is 9.59 Å². The minimum absolute atomic E-state index is 0.00118. The van der Waals surface area contributed by atoms with Gasteiger partial charge in [-0.2, -0.15) is 5.10 Å². The first-order valence-corrected chi connectivity index (χ1v) is 9.30. The van der Waals surface area contributed by atoms with Gasteiger partial charge >= 0.3 is 0 Å². The minimum atomic E-state index is -0.168. The van der Waals surface area contributed by atoms with Crippen molar-refractivity contribution >= 4 is 16.8 Å². The van der Waals surface area contributed by atoms with Gasteiger partial charge in [0.2, 0.25) is 5.91 Å². The summed E-state index contributed by atoms with van der Waals surface area (Å²) in [7, 11) is 0. The molecule has 2 aromatic heterocycles. The molecule has 0 radical (unpaired) electrons. The molecule has 0 spiro atoms. The van der Waals surface area contributed by atoms with Crippen LogP contribution in [0.3, 0.4) is 0 Å². The fraction of sp³-hybridized carbons (Fsp3) is 0.421. The predicted molar refractivity (Wildman–Crippen MR) is 98.0 cm³/mol. The topological polar surface area (TPSA) is 85.9 Å². The summed E-state index contributed by atoms with van der Waals surface area (Å²) in [6.45, 7) is 0.0393. The molecule has 2 atom stereocenters. The lowest BCUT2D eigenvalue weighted by molar-refractivity contribution is -0.137. The number of para-hydroxylation sites is 1. The lowest BCUT2D eigenvalue weighted by atomic mass is 9.97. The van der Waals surface area contributed by atoms with Crippen molar-refractivity contribution in [2.24, 2.45) is 0 Å². The summed E-state index contributed by atoms with van der Waals surface area (Å²) in [6, 6.07) is 7.91. The van der Waals surface area contributed by atoms with Crippen molar-refractivity contribution in [1.29, 1.82) is 0 Å². The van der Waals surface area contributed by atoms with E-state index in [0.29, 0.717) is 16.9 Å². The number of piperidine rings is 1. The third kappa shape index (κ3) is 2.72. The van der Waals surface area contributed by atoms with Crippen LogP contribution in [-0.4, -0.2) is 47.2 Å². The predicted octanol–water partition coefficient (Wildman–Crippen LogP) is 1.38. The van der Waals surface area contributed by atoms with Gasteiger partial charge in [0.05, 0.1) is 23.3 Å². The van der Waals surface area contributed by atoms with Crippen LogP contribution in [0.1, 0.15) is 31.7 Å². The second-order valence-corrected chi connectivity index (χ2v) is 7.38. The van der Waals surface area contributed by atoms with Crippen LogP contribution in [0.4, 0.5) is 0 Å². The Labute approximate surface area is 155 Å². The van der Waals surface area contributed by atoms with E-state index in [1.807, 2.05) is 21.7 Å². The summed E-state index contributed by atoms with van der Waals surface area (Å²) in [5.41, 5.74) is 0.485. The van der Waals surface area contributed by atoms with Gasteiger partial charge in [-0.15, -0.1) is 0 Å². The van der Waals surface area contributed by atoms with E-state index in [1.54, 1.807) is 24.8 Å². The SMILES string of the molecule is O=C(Cn1cnc2ccccc2c1=O)N1C2CCC1CC(n1cncn1)C2. The molecule has 2 fully saturated rings. The number of carbonyl (C=O) groups is 1. The van der Waals surface area contributed by atoms with Crippen LogP contribution in [-0.2, 0) is 11.3 Å². The Morgan fingerprint density at radius 2 is 1.85 bits per heavy atom. The van der Waals surface area contributed by atoms with Crippen molar-refractivity contribution in [3.05, 3.63) is 53.6 Å². The molecule has 3 aromatic rings. The smallest absolute Gasteiger partial charge is 0.261 e. The molecule has 2 saturated heterocycles. The highest BCUT2D eigenvalue weighted by atomic mass is 16.2. The Morgan fingerprint density at radius 3 is 2.59 bits per heavy atom. The summed E-state index contributed by atoms with van der Waals surface area (Å²) in [4.78, 5) is 36.0. The first kappa shape index (κ1) is 16.2. The second-order valence-electron chi connectivity index (χ2n) is 7.38. The van der Waals surface area contributed by atoms with Crippen LogP contribution >= 0.6 is 0 Å². The third-order valence-electron chi connectivity index (χ3n) is 5.84. The van der Waals surface area contributed by atoms with Gasteiger partial charge in [0.1, 0.15) is 19.2 Å². The molecule has 4 heterocycles. The largest absolute Gasteiger partial charge is 0.335 e. The molecule has 5 rings (SSSR count). The summed E-state index contributed by atoms with van der Waals surface area (Å²) < 4.78 is 3.33. The van der Waals surface area contributed by atoms with Gasteiger partial charge in [-0.25, -0.2) is 14.6 Å². The van der Waals surface area contributed by atoms with Gasteiger partial charge < -0.3 is 4.90 Å². The standard InChI is InChI=1S/C19H20N6O2/c26-18(9-23-12-21-17-4-2-1-3-16(17)19(23)27)25-13-5-6-14(25)8-15(7-13)24-11-20-10-22-24/h1-4,10-15H,5-9H2. The lowest BCUT2D eigenvalue weighted by Gasteiger charge is -2.39. The molecule has 8 heteroatoms.